The number of nitrogens with one attached hydrogen (secondary N) is 1. The molecule has 172 valence electrons. The van der Waals surface area contributed by atoms with Crippen molar-refractivity contribution in [2.75, 3.05) is 19.7 Å². The zero-order valence-electron chi connectivity index (χ0n) is 18.9. The van der Waals surface area contributed by atoms with Crippen LogP contribution in [0.1, 0.15) is 41.5 Å². The average molecular weight is 447 g/mol. The number of aliphatic hydroxyl groups excluding tert-OH is 1. The molecule has 1 amide bonds. The molecule has 1 saturated heterocycles. The first-order valence-electron chi connectivity index (χ1n) is 11.6. The Balaban J connectivity index is 1.27. The summed E-state index contributed by atoms with van der Waals surface area (Å²) in [5, 5.41) is 14.5. The maximum Gasteiger partial charge on any atom is 0.258 e. The molecule has 1 fully saturated rings. The van der Waals surface area contributed by atoms with Gasteiger partial charge in [-0.1, -0.05) is 42.5 Å². The molecule has 1 aromatic heterocycles. The minimum atomic E-state index is -0.677. The van der Waals surface area contributed by atoms with E-state index in [1.54, 1.807) is 0 Å². The highest BCUT2D eigenvalue weighted by atomic mass is 16.5. The van der Waals surface area contributed by atoms with Crippen molar-refractivity contribution < 1.29 is 19.1 Å². The van der Waals surface area contributed by atoms with Gasteiger partial charge in [0.1, 0.15) is 17.3 Å². The molecule has 0 saturated carbocycles. The van der Waals surface area contributed by atoms with Gasteiger partial charge in [-0.15, -0.1) is 0 Å². The Hall–Kier alpha value is -3.09. The van der Waals surface area contributed by atoms with Gasteiger partial charge in [0.15, 0.2) is 6.61 Å². The Morgan fingerprint density at radius 3 is 2.55 bits per heavy atom. The fourth-order valence-electron chi connectivity index (χ4n) is 5.37. The number of aliphatic hydroxyl groups is 1. The number of aryl methyl sites for hydroxylation is 1. The molecule has 2 heterocycles. The summed E-state index contributed by atoms with van der Waals surface area (Å²) in [4.78, 5) is 15.1. The number of amides is 1. The Labute approximate surface area is 194 Å². The largest absolute Gasteiger partial charge is 0.484 e. The van der Waals surface area contributed by atoms with Crippen molar-refractivity contribution in [1.82, 2.24) is 10.2 Å². The molecule has 0 bridgehead atoms. The first-order chi connectivity index (χ1) is 16.0. The lowest BCUT2D eigenvalue weighted by Gasteiger charge is -2.42. The van der Waals surface area contributed by atoms with Crippen LogP contribution in [0.25, 0.3) is 0 Å². The van der Waals surface area contributed by atoms with Gasteiger partial charge in [0.25, 0.3) is 5.91 Å². The van der Waals surface area contributed by atoms with E-state index >= 15 is 0 Å². The summed E-state index contributed by atoms with van der Waals surface area (Å²) in [7, 11) is 0. The molecule has 2 aromatic carbocycles. The van der Waals surface area contributed by atoms with Crippen LogP contribution in [0, 0.1) is 6.92 Å². The number of fused-ring (bicyclic) bond motifs is 2. The molecule has 1 aliphatic heterocycles. The fraction of sp³-hybridized carbons (Fsp3) is 0.370. The van der Waals surface area contributed by atoms with E-state index < -0.39 is 12.1 Å². The predicted molar refractivity (Wildman–Crippen MR) is 125 cm³/mol. The number of carbonyl (C=O) groups is 1. The summed E-state index contributed by atoms with van der Waals surface area (Å²) in [6.45, 7) is 4.38. The van der Waals surface area contributed by atoms with Gasteiger partial charge in [-0.25, -0.2) is 0 Å². The van der Waals surface area contributed by atoms with Crippen LogP contribution in [0.5, 0.6) is 5.75 Å². The maximum atomic E-state index is 12.7. The summed E-state index contributed by atoms with van der Waals surface area (Å²) >= 11 is 0. The number of hydrogen-bond donors (Lipinski definition) is 2. The molecule has 2 N–H and O–H groups in total. The molecular weight excluding hydrogens is 416 g/mol. The first kappa shape index (κ1) is 21.7. The highest BCUT2D eigenvalue weighted by Gasteiger charge is 2.52. The zero-order chi connectivity index (χ0) is 22.8. The van der Waals surface area contributed by atoms with Gasteiger partial charge >= 0.3 is 0 Å². The van der Waals surface area contributed by atoms with Crippen molar-refractivity contribution in [2.24, 2.45) is 0 Å². The number of nitrogens with zero attached hydrogens (tertiary/aromatic N) is 1. The quantitative estimate of drug-likeness (QED) is 0.604. The topological polar surface area (TPSA) is 74.9 Å². The summed E-state index contributed by atoms with van der Waals surface area (Å²) < 4.78 is 11.3. The number of piperidine rings is 1. The Morgan fingerprint density at radius 1 is 1.09 bits per heavy atom. The van der Waals surface area contributed by atoms with Crippen LogP contribution in [-0.4, -0.2) is 41.7 Å². The van der Waals surface area contributed by atoms with Crippen LogP contribution in [0.15, 0.2) is 71.1 Å². The maximum absolute atomic E-state index is 12.7. The van der Waals surface area contributed by atoms with Crippen molar-refractivity contribution in [3.05, 3.63) is 89.4 Å². The number of furan rings is 1. The molecule has 6 nitrogen and oxygen atoms in total. The number of para-hydroxylation sites is 1. The van der Waals surface area contributed by atoms with Gasteiger partial charge < -0.3 is 19.6 Å². The molecule has 0 unspecified atom stereocenters. The van der Waals surface area contributed by atoms with E-state index in [4.69, 9.17) is 9.15 Å². The minimum Gasteiger partial charge on any atom is -0.484 e. The third-order valence-electron chi connectivity index (χ3n) is 7.07. The van der Waals surface area contributed by atoms with Crippen LogP contribution in [-0.2, 0) is 16.8 Å². The number of ether oxygens (including phenoxy) is 1. The molecule has 0 radical (unpaired) electrons. The SMILES string of the molecule is Cc1ccc(CN2CCC3(CC2)c2ccccc2[C@@H](NC(=O)COc2ccccc2)[C@@H]3O)o1. The first-order valence-corrected chi connectivity index (χ1v) is 11.6. The Kier molecular flexibility index (Phi) is 5.96. The van der Waals surface area contributed by atoms with E-state index in [2.05, 4.69) is 16.3 Å². The molecule has 1 aliphatic carbocycles. The number of carbonyl (C=O) groups excluding carboxylic acids is 1. The van der Waals surface area contributed by atoms with Crippen molar-refractivity contribution in [2.45, 2.75) is 43.9 Å². The van der Waals surface area contributed by atoms with Gasteiger partial charge in [0.2, 0.25) is 0 Å². The van der Waals surface area contributed by atoms with E-state index in [1.165, 1.54) is 0 Å². The number of hydrogen-bond acceptors (Lipinski definition) is 5. The summed E-state index contributed by atoms with van der Waals surface area (Å²) in [6, 6.07) is 21.0. The lowest BCUT2D eigenvalue weighted by atomic mass is 9.72. The lowest BCUT2D eigenvalue weighted by Crippen LogP contribution is -2.49. The third kappa shape index (κ3) is 4.28. The monoisotopic (exact) mass is 446 g/mol. The highest BCUT2D eigenvalue weighted by Crippen LogP contribution is 2.51. The van der Waals surface area contributed by atoms with Crippen molar-refractivity contribution >= 4 is 5.91 Å². The molecule has 3 aromatic rings. The van der Waals surface area contributed by atoms with Crippen LogP contribution < -0.4 is 10.1 Å². The van der Waals surface area contributed by atoms with Gasteiger partial charge in [0, 0.05) is 5.41 Å². The predicted octanol–water partition coefficient (Wildman–Crippen LogP) is 3.73. The Bertz CT molecular complexity index is 1100. The van der Waals surface area contributed by atoms with Gasteiger partial charge in [-0.3, -0.25) is 9.69 Å². The zero-order valence-corrected chi connectivity index (χ0v) is 18.9. The van der Waals surface area contributed by atoms with Gasteiger partial charge in [-0.2, -0.15) is 0 Å². The van der Waals surface area contributed by atoms with Crippen molar-refractivity contribution in [3.8, 4) is 5.75 Å². The molecule has 1 spiro atoms. The minimum absolute atomic E-state index is 0.0846. The number of benzene rings is 2. The van der Waals surface area contributed by atoms with Crippen LogP contribution in [0.2, 0.25) is 0 Å². The summed E-state index contributed by atoms with van der Waals surface area (Å²) in [5.74, 6) is 2.31. The molecular formula is C27H30N2O4. The molecule has 6 heteroatoms. The second-order valence-corrected chi connectivity index (χ2v) is 9.12. The summed E-state index contributed by atoms with van der Waals surface area (Å²) in [6.07, 6.45) is 0.985. The molecule has 2 aliphatic rings. The van der Waals surface area contributed by atoms with E-state index in [-0.39, 0.29) is 17.9 Å². The van der Waals surface area contributed by atoms with E-state index in [0.717, 1.165) is 55.1 Å². The smallest absolute Gasteiger partial charge is 0.258 e. The third-order valence-corrected chi connectivity index (χ3v) is 7.07. The standard InChI is InChI=1S/C27H30N2O4/c1-19-11-12-21(33-19)17-29-15-13-27(14-16-29)23-10-6-5-9-22(23)25(26(27)31)28-24(30)18-32-20-7-3-2-4-8-20/h2-12,25-26,31H,13-18H2,1H3,(H,28,30)/t25-,26+/m1/s1. The molecule has 33 heavy (non-hydrogen) atoms. The van der Waals surface area contributed by atoms with E-state index in [0.29, 0.717) is 5.75 Å². The average Bonchev–Trinajstić information content (AvgIpc) is 3.35. The fourth-order valence-corrected chi connectivity index (χ4v) is 5.37. The van der Waals surface area contributed by atoms with Crippen LogP contribution in [0.4, 0.5) is 0 Å². The second-order valence-electron chi connectivity index (χ2n) is 9.12. The van der Waals surface area contributed by atoms with Gasteiger partial charge in [-0.05, 0) is 68.2 Å². The van der Waals surface area contributed by atoms with Crippen molar-refractivity contribution in [3.63, 3.8) is 0 Å². The lowest BCUT2D eigenvalue weighted by molar-refractivity contribution is -0.125. The number of rotatable bonds is 6. The highest BCUT2D eigenvalue weighted by molar-refractivity contribution is 5.78. The Morgan fingerprint density at radius 2 is 1.82 bits per heavy atom. The molecule has 2 atom stereocenters. The van der Waals surface area contributed by atoms with E-state index in [1.807, 2.05) is 67.6 Å². The van der Waals surface area contributed by atoms with Gasteiger partial charge in [0.05, 0.1) is 18.7 Å². The number of likely N-dealkylation sites (tertiary alicyclic amines) is 1. The van der Waals surface area contributed by atoms with E-state index in [9.17, 15) is 9.90 Å². The summed E-state index contributed by atoms with van der Waals surface area (Å²) in [5.41, 5.74) is 1.80. The van der Waals surface area contributed by atoms with Crippen LogP contribution >= 0.6 is 0 Å². The van der Waals surface area contributed by atoms with Crippen molar-refractivity contribution in [1.29, 1.82) is 0 Å². The second kappa shape index (κ2) is 9.04. The molecule has 5 rings (SSSR count). The normalized spacial score (nSPS) is 21.6. The van der Waals surface area contributed by atoms with Crippen LogP contribution in [0.3, 0.4) is 0 Å².